The first-order chi connectivity index (χ1) is 9.63. The van der Waals surface area contributed by atoms with Gasteiger partial charge in [-0.15, -0.1) is 0 Å². The monoisotopic (exact) mass is 339 g/mol. The summed E-state index contributed by atoms with van der Waals surface area (Å²) in [5.74, 6) is 0.699. The van der Waals surface area contributed by atoms with E-state index in [2.05, 4.69) is 37.8 Å². The molecule has 0 unspecified atom stereocenters. The molecule has 1 saturated heterocycles. The highest BCUT2D eigenvalue weighted by Gasteiger charge is 2.28. The van der Waals surface area contributed by atoms with Gasteiger partial charge in [0, 0.05) is 23.3 Å². The molecule has 5 heteroatoms. The molecular weight excluding hydrogens is 318 g/mol. The Labute approximate surface area is 128 Å². The molecule has 0 aromatic carbocycles. The van der Waals surface area contributed by atoms with E-state index in [0.29, 0.717) is 12.0 Å². The molecule has 2 fully saturated rings. The molecule has 1 amide bonds. The number of carbonyl (C=O) groups excluding carboxylic acids is 1. The number of aromatic nitrogens is 1. The van der Waals surface area contributed by atoms with Crippen LogP contribution in [0.2, 0.25) is 0 Å². The zero-order valence-corrected chi connectivity index (χ0v) is 13.5. The fourth-order valence-corrected chi connectivity index (χ4v) is 3.31. The quantitative estimate of drug-likeness (QED) is 0.915. The standard InChI is InChI=1S/C15H22BrN3O/c1-18-6-4-11(5-7-18)9-17-15(20)14-8-12(16)10-19(14)13-2-3-13/h8,10-11,13H,2-7,9H2,1H3,(H,17,20). The van der Waals surface area contributed by atoms with Crippen LogP contribution in [0.1, 0.15) is 42.2 Å². The van der Waals surface area contributed by atoms with Gasteiger partial charge >= 0.3 is 0 Å². The summed E-state index contributed by atoms with van der Waals surface area (Å²) in [6, 6.07) is 2.47. The van der Waals surface area contributed by atoms with E-state index in [-0.39, 0.29) is 5.91 Å². The minimum absolute atomic E-state index is 0.0709. The van der Waals surface area contributed by atoms with E-state index in [0.717, 1.165) is 29.8 Å². The number of hydrogen-bond donors (Lipinski definition) is 1. The van der Waals surface area contributed by atoms with Crippen molar-refractivity contribution >= 4 is 21.8 Å². The zero-order chi connectivity index (χ0) is 14.1. The molecule has 0 radical (unpaired) electrons. The molecule has 110 valence electrons. The van der Waals surface area contributed by atoms with Crippen LogP contribution < -0.4 is 5.32 Å². The van der Waals surface area contributed by atoms with Crippen molar-refractivity contribution < 1.29 is 4.79 Å². The Morgan fingerprint density at radius 3 is 2.70 bits per heavy atom. The molecule has 4 nitrogen and oxygen atoms in total. The van der Waals surface area contributed by atoms with E-state index in [9.17, 15) is 4.79 Å². The third kappa shape index (κ3) is 3.26. The van der Waals surface area contributed by atoms with Gasteiger partial charge in [-0.3, -0.25) is 4.79 Å². The predicted molar refractivity (Wildman–Crippen MR) is 83.0 cm³/mol. The van der Waals surface area contributed by atoms with E-state index in [1.165, 1.54) is 25.7 Å². The van der Waals surface area contributed by atoms with Crippen LogP contribution in [0, 0.1) is 5.92 Å². The molecule has 3 rings (SSSR count). The number of likely N-dealkylation sites (tertiary alicyclic amines) is 1. The van der Waals surface area contributed by atoms with Crippen LogP contribution in [-0.2, 0) is 0 Å². The predicted octanol–water partition coefficient (Wildman–Crippen LogP) is 2.66. The molecule has 20 heavy (non-hydrogen) atoms. The minimum atomic E-state index is 0.0709. The van der Waals surface area contributed by atoms with Gasteiger partial charge in [0.25, 0.3) is 5.91 Å². The van der Waals surface area contributed by atoms with E-state index in [1.54, 1.807) is 0 Å². The molecule has 1 N–H and O–H groups in total. The normalized spacial score (nSPS) is 21.1. The third-order valence-corrected chi connectivity index (χ3v) is 4.81. The van der Waals surface area contributed by atoms with Crippen LogP contribution in [0.15, 0.2) is 16.7 Å². The lowest BCUT2D eigenvalue weighted by Gasteiger charge is -2.28. The van der Waals surface area contributed by atoms with Crippen LogP contribution in [0.5, 0.6) is 0 Å². The Balaban J connectivity index is 1.56. The number of nitrogens with one attached hydrogen (secondary N) is 1. The Bertz CT molecular complexity index is 487. The number of piperidine rings is 1. The first-order valence-corrected chi connectivity index (χ1v) is 8.27. The van der Waals surface area contributed by atoms with Gasteiger partial charge in [0.15, 0.2) is 0 Å². The van der Waals surface area contributed by atoms with E-state index >= 15 is 0 Å². The summed E-state index contributed by atoms with van der Waals surface area (Å²) in [6.07, 6.45) is 6.78. The average Bonchev–Trinajstić information content (AvgIpc) is 3.20. The Hall–Kier alpha value is -0.810. The third-order valence-electron chi connectivity index (χ3n) is 4.38. The van der Waals surface area contributed by atoms with Crippen molar-refractivity contribution in [3.05, 3.63) is 22.4 Å². The number of halogens is 1. The number of amides is 1. The molecule has 1 aliphatic heterocycles. The van der Waals surface area contributed by atoms with E-state index in [4.69, 9.17) is 0 Å². The van der Waals surface area contributed by atoms with Crippen LogP contribution in [0.3, 0.4) is 0 Å². The fourth-order valence-electron chi connectivity index (χ4n) is 2.88. The molecule has 1 aromatic rings. The van der Waals surface area contributed by atoms with Gasteiger partial charge in [-0.05, 0) is 73.7 Å². The van der Waals surface area contributed by atoms with Gasteiger partial charge in [-0.25, -0.2) is 0 Å². The summed E-state index contributed by atoms with van der Waals surface area (Å²) >= 11 is 3.48. The Morgan fingerprint density at radius 2 is 2.05 bits per heavy atom. The second-order valence-corrected chi connectivity index (χ2v) is 7.05. The van der Waals surface area contributed by atoms with Crippen molar-refractivity contribution in [2.45, 2.75) is 31.7 Å². The number of rotatable bonds is 4. The lowest BCUT2D eigenvalue weighted by atomic mass is 9.97. The smallest absolute Gasteiger partial charge is 0.267 e. The molecule has 0 bridgehead atoms. The molecule has 2 heterocycles. The SMILES string of the molecule is CN1CCC(CNC(=O)c2cc(Br)cn2C2CC2)CC1. The average molecular weight is 340 g/mol. The summed E-state index contributed by atoms with van der Waals surface area (Å²) in [7, 11) is 2.16. The van der Waals surface area contributed by atoms with E-state index < -0.39 is 0 Å². The maximum atomic E-state index is 12.4. The topological polar surface area (TPSA) is 37.3 Å². The first-order valence-electron chi connectivity index (χ1n) is 7.47. The molecule has 1 aliphatic carbocycles. The van der Waals surface area contributed by atoms with Gasteiger partial charge in [-0.1, -0.05) is 0 Å². The highest BCUT2D eigenvalue weighted by atomic mass is 79.9. The number of hydrogen-bond acceptors (Lipinski definition) is 2. The minimum Gasteiger partial charge on any atom is -0.350 e. The van der Waals surface area contributed by atoms with Crippen LogP contribution in [-0.4, -0.2) is 42.1 Å². The number of nitrogens with zero attached hydrogens (tertiary/aromatic N) is 2. The fraction of sp³-hybridized carbons (Fsp3) is 0.667. The lowest BCUT2D eigenvalue weighted by Crippen LogP contribution is -2.37. The van der Waals surface area contributed by atoms with Crippen molar-refractivity contribution in [1.82, 2.24) is 14.8 Å². The van der Waals surface area contributed by atoms with Crippen LogP contribution in [0.25, 0.3) is 0 Å². The summed E-state index contributed by atoms with van der Waals surface area (Å²) in [6.45, 7) is 3.09. The molecular formula is C15H22BrN3O. The van der Waals surface area contributed by atoms with Crippen molar-refractivity contribution in [1.29, 1.82) is 0 Å². The summed E-state index contributed by atoms with van der Waals surface area (Å²) in [4.78, 5) is 14.7. The van der Waals surface area contributed by atoms with Crippen molar-refractivity contribution in [2.24, 2.45) is 5.92 Å². The Kier molecular flexibility index (Phi) is 4.17. The van der Waals surface area contributed by atoms with Gasteiger partial charge in [-0.2, -0.15) is 0 Å². The van der Waals surface area contributed by atoms with Gasteiger partial charge in [0.2, 0.25) is 0 Å². The number of carbonyl (C=O) groups is 1. The first kappa shape index (κ1) is 14.1. The van der Waals surface area contributed by atoms with E-state index in [1.807, 2.05) is 12.3 Å². The second-order valence-electron chi connectivity index (χ2n) is 6.14. The van der Waals surface area contributed by atoms with Crippen molar-refractivity contribution in [3.63, 3.8) is 0 Å². The molecule has 1 saturated carbocycles. The summed E-state index contributed by atoms with van der Waals surface area (Å²) < 4.78 is 3.11. The summed E-state index contributed by atoms with van der Waals surface area (Å²) in [5.41, 5.74) is 0.798. The lowest BCUT2D eigenvalue weighted by molar-refractivity contribution is 0.0929. The Morgan fingerprint density at radius 1 is 1.35 bits per heavy atom. The molecule has 2 aliphatic rings. The second kappa shape index (κ2) is 5.90. The van der Waals surface area contributed by atoms with Gasteiger partial charge in [0.05, 0.1) is 0 Å². The molecule has 0 spiro atoms. The van der Waals surface area contributed by atoms with Crippen LogP contribution >= 0.6 is 15.9 Å². The van der Waals surface area contributed by atoms with Crippen molar-refractivity contribution in [2.75, 3.05) is 26.7 Å². The largest absolute Gasteiger partial charge is 0.350 e. The maximum Gasteiger partial charge on any atom is 0.267 e. The maximum absolute atomic E-state index is 12.4. The van der Waals surface area contributed by atoms with Crippen LogP contribution in [0.4, 0.5) is 0 Å². The highest BCUT2D eigenvalue weighted by Crippen LogP contribution is 2.37. The molecule has 1 aromatic heterocycles. The molecule has 0 atom stereocenters. The van der Waals surface area contributed by atoms with Crippen molar-refractivity contribution in [3.8, 4) is 0 Å². The van der Waals surface area contributed by atoms with Gasteiger partial charge < -0.3 is 14.8 Å². The highest BCUT2D eigenvalue weighted by molar-refractivity contribution is 9.10. The zero-order valence-electron chi connectivity index (χ0n) is 11.9. The van der Waals surface area contributed by atoms with Gasteiger partial charge in [0.1, 0.15) is 5.69 Å². The summed E-state index contributed by atoms with van der Waals surface area (Å²) in [5, 5.41) is 3.12.